The third-order valence-corrected chi connectivity index (χ3v) is 3.18. The topological polar surface area (TPSA) is 99.9 Å². The second-order valence-corrected chi connectivity index (χ2v) is 4.77. The molecule has 0 fully saturated rings. The van der Waals surface area contributed by atoms with Gasteiger partial charge in [0.05, 0.1) is 14.2 Å². The highest BCUT2D eigenvalue weighted by molar-refractivity contribution is 5.95. The normalized spacial score (nSPS) is 9.92. The standard InChI is InChI=1S/C17H18N2O5/c1-22-13-4-3-5-14(23-2)16(13)24-10-15(20)19-12-8-6-11(7-9-12)17(18)21/h3-9H,10H2,1-2H3,(H2,18,21)(H,19,20). The molecular formula is C17H18N2O5. The molecule has 2 aromatic carbocycles. The Bertz CT molecular complexity index is 706. The molecule has 24 heavy (non-hydrogen) atoms. The highest BCUT2D eigenvalue weighted by Gasteiger charge is 2.13. The van der Waals surface area contributed by atoms with Crippen LogP contribution < -0.4 is 25.3 Å². The SMILES string of the molecule is COc1cccc(OC)c1OCC(=O)Nc1ccc(C(N)=O)cc1. The van der Waals surface area contributed by atoms with E-state index in [2.05, 4.69) is 5.32 Å². The number of nitrogens with one attached hydrogen (secondary N) is 1. The highest BCUT2D eigenvalue weighted by atomic mass is 16.5. The van der Waals surface area contributed by atoms with Crippen molar-refractivity contribution < 1.29 is 23.8 Å². The van der Waals surface area contributed by atoms with Gasteiger partial charge in [0.25, 0.3) is 5.91 Å². The lowest BCUT2D eigenvalue weighted by molar-refractivity contribution is -0.118. The van der Waals surface area contributed by atoms with Crippen LogP contribution in [0.15, 0.2) is 42.5 Å². The minimum Gasteiger partial charge on any atom is -0.493 e. The Kier molecular flexibility index (Phi) is 5.62. The maximum Gasteiger partial charge on any atom is 0.262 e. The van der Waals surface area contributed by atoms with Gasteiger partial charge < -0.3 is 25.3 Å². The molecule has 0 heterocycles. The van der Waals surface area contributed by atoms with Gasteiger partial charge in [-0.05, 0) is 36.4 Å². The van der Waals surface area contributed by atoms with Crippen molar-refractivity contribution in [2.24, 2.45) is 5.73 Å². The van der Waals surface area contributed by atoms with E-state index in [4.69, 9.17) is 19.9 Å². The molecule has 7 nitrogen and oxygen atoms in total. The number of hydrogen-bond acceptors (Lipinski definition) is 5. The van der Waals surface area contributed by atoms with E-state index < -0.39 is 5.91 Å². The average Bonchev–Trinajstić information content (AvgIpc) is 2.59. The first-order chi connectivity index (χ1) is 11.5. The van der Waals surface area contributed by atoms with Crippen molar-refractivity contribution in [2.45, 2.75) is 0 Å². The zero-order chi connectivity index (χ0) is 17.5. The van der Waals surface area contributed by atoms with Crippen LogP contribution in [0.4, 0.5) is 5.69 Å². The number of rotatable bonds is 7. The summed E-state index contributed by atoms with van der Waals surface area (Å²) in [6.45, 7) is -0.228. The summed E-state index contributed by atoms with van der Waals surface area (Å²) < 4.78 is 15.9. The van der Waals surface area contributed by atoms with E-state index >= 15 is 0 Å². The number of nitrogens with two attached hydrogens (primary N) is 1. The van der Waals surface area contributed by atoms with Crippen molar-refractivity contribution in [3.8, 4) is 17.2 Å². The van der Waals surface area contributed by atoms with Gasteiger partial charge in [-0.25, -0.2) is 0 Å². The number of anilines is 1. The second kappa shape index (κ2) is 7.87. The average molecular weight is 330 g/mol. The Morgan fingerprint density at radius 2 is 1.58 bits per heavy atom. The molecule has 0 atom stereocenters. The van der Waals surface area contributed by atoms with Crippen molar-refractivity contribution in [1.29, 1.82) is 0 Å². The number of carbonyl (C=O) groups is 2. The summed E-state index contributed by atoms with van der Waals surface area (Å²) in [7, 11) is 3.00. The van der Waals surface area contributed by atoms with E-state index in [0.29, 0.717) is 28.5 Å². The van der Waals surface area contributed by atoms with Crippen LogP contribution in [0.2, 0.25) is 0 Å². The Labute approximate surface area is 139 Å². The van der Waals surface area contributed by atoms with Crippen LogP contribution in [0, 0.1) is 0 Å². The number of carbonyl (C=O) groups excluding carboxylic acids is 2. The van der Waals surface area contributed by atoms with E-state index in [0.717, 1.165) is 0 Å². The molecule has 0 spiro atoms. The number of hydrogen-bond donors (Lipinski definition) is 2. The van der Waals surface area contributed by atoms with Crippen LogP contribution in [0.3, 0.4) is 0 Å². The van der Waals surface area contributed by atoms with E-state index in [1.165, 1.54) is 26.4 Å². The van der Waals surface area contributed by atoms with Gasteiger partial charge in [-0.1, -0.05) is 6.07 Å². The quantitative estimate of drug-likeness (QED) is 0.806. The van der Waals surface area contributed by atoms with Gasteiger partial charge in [-0.15, -0.1) is 0 Å². The fraction of sp³-hybridized carbons (Fsp3) is 0.176. The summed E-state index contributed by atoms with van der Waals surface area (Å²) in [6.07, 6.45) is 0. The number of ether oxygens (including phenoxy) is 3. The van der Waals surface area contributed by atoms with Gasteiger partial charge in [0.1, 0.15) is 0 Å². The second-order valence-electron chi connectivity index (χ2n) is 4.77. The number of methoxy groups -OCH3 is 2. The number of benzene rings is 2. The Balaban J connectivity index is 2.00. The minimum absolute atomic E-state index is 0.228. The number of primary amides is 1. The summed E-state index contributed by atoms with van der Waals surface area (Å²) in [5.74, 6) is 0.386. The molecule has 0 bridgehead atoms. The van der Waals surface area contributed by atoms with Crippen molar-refractivity contribution >= 4 is 17.5 Å². The molecule has 2 aromatic rings. The zero-order valence-electron chi connectivity index (χ0n) is 13.4. The lowest BCUT2D eigenvalue weighted by atomic mass is 10.2. The van der Waals surface area contributed by atoms with Crippen LogP contribution in [0.5, 0.6) is 17.2 Å². The lowest BCUT2D eigenvalue weighted by Gasteiger charge is -2.14. The summed E-state index contributed by atoms with van der Waals surface area (Å²) in [6, 6.07) is 11.4. The first-order valence-electron chi connectivity index (χ1n) is 7.08. The van der Waals surface area contributed by atoms with Gasteiger partial charge in [-0.3, -0.25) is 9.59 Å². The molecule has 0 unspecified atom stereocenters. The van der Waals surface area contributed by atoms with Crippen molar-refractivity contribution in [3.05, 3.63) is 48.0 Å². The summed E-state index contributed by atoms with van der Waals surface area (Å²) >= 11 is 0. The molecule has 0 saturated carbocycles. The number of amides is 2. The molecule has 0 aliphatic carbocycles. The van der Waals surface area contributed by atoms with Gasteiger partial charge in [0, 0.05) is 11.3 Å². The number of para-hydroxylation sites is 1. The van der Waals surface area contributed by atoms with Crippen LogP contribution >= 0.6 is 0 Å². The van der Waals surface area contributed by atoms with Crippen molar-refractivity contribution in [1.82, 2.24) is 0 Å². The fourth-order valence-electron chi connectivity index (χ4n) is 2.01. The van der Waals surface area contributed by atoms with E-state index in [-0.39, 0.29) is 12.5 Å². The minimum atomic E-state index is -0.528. The van der Waals surface area contributed by atoms with Crippen LogP contribution in [0.25, 0.3) is 0 Å². The maximum absolute atomic E-state index is 12.0. The molecule has 0 radical (unpaired) electrons. The van der Waals surface area contributed by atoms with Gasteiger partial charge >= 0.3 is 0 Å². The molecular weight excluding hydrogens is 312 g/mol. The van der Waals surface area contributed by atoms with E-state index in [1.807, 2.05) is 0 Å². The molecule has 0 aliphatic heterocycles. The predicted octanol–water partition coefficient (Wildman–Crippen LogP) is 1.82. The lowest BCUT2D eigenvalue weighted by Crippen LogP contribution is -2.20. The maximum atomic E-state index is 12.0. The summed E-state index contributed by atoms with van der Waals surface area (Å²) in [4.78, 5) is 23.0. The highest BCUT2D eigenvalue weighted by Crippen LogP contribution is 2.36. The molecule has 2 amide bonds. The van der Waals surface area contributed by atoms with E-state index in [9.17, 15) is 9.59 Å². The monoisotopic (exact) mass is 330 g/mol. The molecule has 7 heteroatoms. The third kappa shape index (κ3) is 4.16. The van der Waals surface area contributed by atoms with Gasteiger partial charge in [0.15, 0.2) is 18.1 Å². The molecule has 0 aliphatic rings. The molecule has 126 valence electrons. The van der Waals surface area contributed by atoms with Gasteiger partial charge in [-0.2, -0.15) is 0 Å². The summed E-state index contributed by atoms with van der Waals surface area (Å²) in [5, 5.41) is 2.66. The predicted molar refractivity (Wildman–Crippen MR) is 88.6 cm³/mol. The molecule has 2 rings (SSSR count). The van der Waals surface area contributed by atoms with E-state index in [1.54, 1.807) is 30.3 Å². The third-order valence-electron chi connectivity index (χ3n) is 3.18. The molecule has 3 N–H and O–H groups in total. The Hall–Kier alpha value is -3.22. The smallest absolute Gasteiger partial charge is 0.262 e. The van der Waals surface area contributed by atoms with Crippen LogP contribution in [-0.2, 0) is 4.79 Å². The Morgan fingerprint density at radius 1 is 1.00 bits per heavy atom. The van der Waals surface area contributed by atoms with Crippen LogP contribution in [-0.4, -0.2) is 32.6 Å². The van der Waals surface area contributed by atoms with Crippen LogP contribution in [0.1, 0.15) is 10.4 Å². The molecule has 0 saturated heterocycles. The Morgan fingerprint density at radius 3 is 2.08 bits per heavy atom. The zero-order valence-corrected chi connectivity index (χ0v) is 13.4. The largest absolute Gasteiger partial charge is 0.493 e. The first kappa shape index (κ1) is 17.1. The fourth-order valence-corrected chi connectivity index (χ4v) is 2.01. The van der Waals surface area contributed by atoms with Crippen molar-refractivity contribution in [2.75, 3.05) is 26.1 Å². The van der Waals surface area contributed by atoms with Gasteiger partial charge in [0.2, 0.25) is 11.7 Å². The summed E-state index contributed by atoms with van der Waals surface area (Å²) in [5.41, 5.74) is 6.05. The van der Waals surface area contributed by atoms with Crippen molar-refractivity contribution in [3.63, 3.8) is 0 Å². The molecule has 0 aromatic heterocycles. The first-order valence-corrected chi connectivity index (χ1v) is 7.08.